The first-order chi connectivity index (χ1) is 43.3. The molecule has 0 radical (unpaired) electrons. The fourth-order valence-corrected chi connectivity index (χ4v) is 11.4. The molecular weight excluding hydrogens is 1090 g/mol. The molecule has 1 saturated heterocycles. The number of allylic oxidation sites excluding steroid dienone is 17. The molecule has 0 aromatic carbocycles. The second-order valence-electron chi connectivity index (χ2n) is 25.4. The van der Waals surface area contributed by atoms with E-state index in [9.17, 15) is 30.3 Å². The Morgan fingerprint density at radius 2 is 0.705 bits per heavy atom. The summed E-state index contributed by atoms with van der Waals surface area (Å²) in [5.74, 6) is -0.177. The van der Waals surface area contributed by atoms with Gasteiger partial charge in [-0.05, 0) is 83.5 Å². The minimum Gasteiger partial charge on any atom is -0.394 e. The molecule has 1 heterocycles. The Morgan fingerprint density at radius 1 is 0.398 bits per heavy atom. The second kappa shape index (κ2) is 66.8. The van der Waals surface area contributed by atoms with Crippen LogP contribution in [0.5, 0.6) is 0 Å². The highest BCUT2D eigenvalue weighted by Crippen LogP contribution is 2.23. The van der Waals surface area contributed by atoms with Crippen molar-refractivity contribution in [2.24, 2.45) is 0 Å². The van der Waals surface area contributed by atoms with Gasteiger partial charge in [-0.2, -0.15) is 0 Å². The lowest BCUT2D eigenvalue weighted by Crippen LogP contribution is -2.60. The zero-order chi connectivity index (χ0) is 63.5. The molecule has 7 atom stereocenters. The maximum Gasteiger partial charge on any atom is 0.220 e. The van der Waals surface area contributed by atoms with E-state index in [1.54, 1.807) is 6.08 Å². The van der Waals surface area contributed by atoms with Gasteiger partial charge in [-0.15, -0.1) is 0 Å². The van der Waals surface area contributed by atoms with Crippen LogP contribution in [0.3, 0.4) is 0 Å². The summed E-state index contributed by atoms with van der Waals surface area (Å²) in [5, 5.41) is 54.8. The van der Waals surface area contributed by atoms with E-state index in [1.165, 1.54) is 218 Å². The van der Waals surface area contributed by atoms with Gasteiger partial charge in [0.05, 0.1) is 25.4 Å². The molecule has 9 heteroatoms. The van der Waals surface area contributed by atoms with Gasteiger partial charge in [0.2, 0.25) is 5.91 Å². The van der Waals surface area contributed by atoms with E-state index >= 15 is 0 Å². The van der Waals surface area contributed by atoms with Gasteiger partial charge in [0.1, 0.15) is 24.4 Å². The highest BCUT2D eigenvalue weighted by Gasteiger charge is 2.44. The van der Waals surface area contributed by atoms with E-state index in [0.29, 0.717) is 6.42 Å². The first-order valence-corrected chi connectivity index (χ1v) is 37.1. The lowest BCUT2D eigenvalue weighted by Gasteiger charge is -2.40. The van der Waals surface area contributed by atoms with Crippen LogP contribution in [0.4, 0.5) is 0 Å². The van der Waals surface area contributed by atoms with Gasteiger partial charge in [0.15, 0.2) is 6.29 Å². The Labute approximate surface area is 542 Å². The standard InChI is InChI=1S/C79H139NO8/c1-3-5-7-9-11-13-15-17-19-21-23-25-27-29-31-32-33-34-35-36-37-38-39-40-41-42-43-45-47-49-51-53-55-57-59-61-63-65-67-69-75(83)80-72(71-87-79-78(86)77(85)76(84)74(70-81)88-79)73(82)68-66-64-62-60-58-56-54-52-50-48-46-44-30-28-26-24-22-20-18-16-14-12-10-8-6-4-2/h5,7,11,13,17,19,23,25,29,31,33-34,36-37,39-40,66,68,72-74,76-79,81-82,84-86H,3-4,6,8-10,12,14-16,18,20-22,24,26-28,30,32,35,38,41-65,67,69-71H2,1-2H3,(H,80,83)/b7-5-,13-11-,19-17-,25-23-,31-29-,34-33-,37-36-,40-39-,68-66+. The van der Waals surface area contributed by atoms with Crippen LogP contribution in [-0.4, -0.2) is 87.5 Å². The van der Waals surface area contributed by atoms with E-state index in [4.69, 9.17) is 9.47 Å². The summed E-state index contributed by atoms with van der Waals surface area (Å²) in [7, 11) is 0. The SMILES string of the molecule is CC/C=C\C/C=C\C/C=C\C/C=C\C/C=C\C/C=C\C/C=C\C/C=C\CCCCCCCCCCCCCCCCC(=O)NC(COC1OC(CO)C(O)C(O)C1O)C(O)/C=C/CCCCCCCCCCCCCCCCCCCCCCCCCC. The Kier molecular flexibility index (Phi) is 62.9. The van der Waals surface area contributed by atoms with Gasteiger partial charge in [0.25, 0.3) is 0 Å². The van der Waals surface area contributed by atoms with Crippen molar-refractivity contribution in [2.45, 2.75) is 371 Å². The minimum atomic E-state index is -1.57. The van der Waals surface area contributed by atoms with Crippen molar-refractivity contribution in [1.82, 2.24) is 5.32 Å². The number of unbranched alkanes of at least 4 members (excludes halogenated alkanes) is 38. The maximum atomic E-state index is 13.2. The van der Waals surface area contributed by atoms with E-state index < -0.39 is 49.5 Å². The summed E-state index contributed by atoms with van der Waals surface area (Å²) in [6.45, 7) is 3.70. The number of rotatable bonds is 64. The lowest BCUT2D eigenvalue weighted by molar-refractivity contribution is -0.302. The summed E-state index contributed by atoms with van der Waals surface area (Å²) in [4.78, 5) is 13.2. The fraction of sp³-hybridized carbons (Fsp3) is 0.759. The Hall–Kier alpha value is -3.15. The largest absolute Gasteiger partial charge is 0.394 e. The molecule has 6 N–H and O–H groups in total. The Bertz CT molecular complexity index is 1760. The molecule has 7 unspecified atom stereocenters. The number of amides is 1. The van der Waals surface area contributed by atoms with Crippen molar-refractivity contribution in [1.29, 1.82) is 0 Å². The molecular formula is C79H139NO8. The molecule has 88 heavy (non-hydrogen) atoms. The van der Waals surface area contributed by atoms with Crippen LogP contribution < -0.4 is 5.32 Å². The average molecular weight is 1230 g/mol. The molecule has 508 valence electrons. The molecule has 1 rings (SSSR count). The van der Waals surface area contributed by atoms with Gasteiger partial charge in [-0.3, -0.25) is 4.79 Å². The number of ether oxygens (including phenoxy) is 2. The van der Waals surface area contributed by atoms with E-state index in [1.807, 2.05) is 6.08 Å². The van der Waals surface area contributed by atoms with Crippen molar-refractivity contribution in [2.75, 3.05) is 13.2 Å². The van der Waals surface area contributed by atoms with E-state index in [0.717, 1.165) is 89.9 Å². The van der Waals surface area contributed by atoms with Crippen LogP contribution in [0.2, 0.25) is 0 Å². The highest BCUT2D eigenvalue weighted by atomic mass is 16.7. The molecule has 9 nitrogen and oxygen atoms in total. The quantitative estimate of drug-likeness (QED) is 0.0261. The first-order valence-electron chi connectivity index (χ1n) is 37.1. The van der Waals surface area contributed by atoms with E-state index in [-0.39, 0.29) is 12.5 Å². The molecule has 0 aromatic rings. The summed E-state index contributed by atoms with van der Waals surface area (Å²) in [6.07, 6.45) is 92.0. The molecule has 1 fully saturated rings. The minimum absolute atomic E-state index is 0.177. The summed E-state index contributed by atoms with van der Waals surface area (Å²) in [5.41, 5.74) is 0. The van der Waals surface area contributed by atoms with Crippen molar-refractivity contribution in [3.63, 3.8) is 0 Å². The van der Waals surface area contributed by atoms with Gasteiger partial charge in [-0.1, -0.05) is 348 Å². The third kappa shape index (κ3) is 54.6. The van der Waals surface area contributed by atoms with Crippen LogP contribution >= 0.6 is 0 Å². The zero-order valence-electron chi connectivity index (χ0n) is 57.0. The zero-order valence-corrected chi connectivity index (χ0v) is 57.0. The molecule has 1 aliphatic rings. The van der Waals surface area contributed by atoms with Crippen LogP contribution in [0.25, 0.3) is 0 Å². The normalized spacial score (nSPS) is 18.6. The lowest BCUT2D eigenvalue weighted by atomic mass is 9.99. The molecule has 0 saturated carbocycles. The Morgan fingerprint density at radius 3 is 1.05 bits per heavy atom. The predicted octanol–water partition coefficient (Wildman–Crippen LogP) is 20.8. The maximum absolute atomic E-state index is 13.2. The number of nitrogens with one attached hydrogen (secondary N) is 1. The Balaban J connectivity index is 2.12. The van der Waals surface area contributed by atoms with Gasteiger partial charge >= 0.3 is 0 Å². The van der Waals surface area contributed by atoms with Crippen molar-refractivity contribution >= 4 is 5.91 Å². The fourth-order valence-electron chi connectivity index (χ4n) is 11.4. The third-order valence-corrected chi connectivity index (χ3v) is 17.1. The van der Waals surface area contributed by atoms with Crippen molar-refractivity contribution in [3.05, 3.63) is 109 Å². The summed E-state index contributed by atoms with van der Waals surface area (Å²) < 4.78 is 11.3. The molecule has 1 aliphatic heterocycles. The molecule has 0 spiro atoms. The number of aliphatic hydroxyl groups excluding tert-OH is 5. The van der Waals surface area contributed by atoms with Crippen molar-refractivity contribution in [3.8, 4) is 0 Å². The van der Waals surface area contributed by atoms with Crippen LogP contribution in [0, 0.1) is 0 Å². The van der Waals surface area contributed by atoms with Crippen LogP contribution in [0.15, 0.2) is 109 Å². The van der Waals surface area contributed by atoms with E-state index in [2.05, 4.69) is 116 Å². The van der Waals surface area contributed by atoms with Gasteiger partial charge in [-0.25, -0.2) is 0 Å². The third-order valence-electron chi connectivity index (χ3n) is 17.1. The topological polar surface area (TPSA) is 149 Å². The predicted molar refractivity (Wildman–Crippen MR) is 377 cm³/mol. The molecule has 0 aliphatic carbocycles. The average Bonchev–Trinajstić information content (AvgIpc) is 3.65. The van der Waals surface area contributed by atoms with Gasteiger partial charge < -0.3 is 40.3 Å². The number of carbonyl (C=O) groups is 1. The molecule has 0 bridgehead atoms. The summed E-state index contributed by atoms with van der Waals surface area (Å²) in [6, 6.07) is -0.813. The second-order valence-corrected chi connectivity index (χ2v) is 25.4. The smallest absolute Gasteiger partial charge is 0.220 e. The first kappa shape index (κ1) is 82.9. The summed E-state index contributed by atoms with van der Waals surface area (Å²) >= 11 is 0. The van der Waals surface area contributed by atoms with Crippen LogP contribution in [-0.2, 0) is 14.3 Å². The number of hydrogen-bond donors (Lipinski definition) is 6. The number of carbonyl (C=O) groups excluding carboxylic acids is 1. The van der Waals surface area contributed by atoms with Crippen molar-refractivity contribution < 1.29 is 39.8 Å². The molecule has 1 amide bonds. The number of hydrogen-bond acceptors (Lipinski definition) is 8. The molecule has 0 aromatic heterocycles. The number of aliphatic hydroxyl groups is 5. The highest BCUT2D eigenvalue weighted by molar-refractivity contribution is 5.76. The monoisotopic (exact) mass is 1230 g/mol. The van der Waals surface area contributed by atoms with Gasteiger partial charge in [0, 0.05) is 6.42 Å². The van der Waals surface area contributed by atoms with Crippen LogP contribution in [0.1, 0.15) is 328 Å².